The standard InChI is InChI=1S/C11H15F3N4/c1-18-4-2-3-9(7-18)17-10-15-5-8(6-16-10)11(12,13)14/h5-6,9H,2-4,7H2,1H3,(H,15,16,17)/t9-/m1/s1. The average molecular weight is 260 g/mol. The highest BCUT2D eigenvalue weighted by molar-refractivity contribution is 5.27. The Morgan fingerprint density at radius 3 is 2.56 bits per heavy atom. The first-order chi connectivity index (χ1) is 8.45. The summed E-state index contributed by atoms with van der Waals surface area (Å²) in [5, 5.41) is 3.06. The van der Waals surface area contributed by atoms with E-state index >= 15 is 0 Å². The van der Waals surface area contributed by atoms with Gasteiger partial charge in [-0.05, 0) is 26.4 Å². The zero-order chi connectivity index (χ0) is 13.2. The zero-order valence-electron chi connectivity index (χ0n) is 10.0. The SMILES string of the molecule is CN1CCC[C@@H](Nc2ncc(C(F)(F)F)cn2)C1. The van der Waals surface area contributed by atoms with Gasteiger partial charge < -0.3 is 10.2 Å². The number of halogens is 3. The van der Waals surface area contributed by atoms with Crippen LogP contribution in [0.25, 0.3) is 0 Å². The second kappa shape index (κ2) is 5.09. The summed E-state index contributed by atoms with van der Waals surface area (Å²) in [7, 11) is 2.02. The van der Waals surface area contributed by atoms with Gasteiger partial charge in [0.1, 0.15) is 0 Å². The summed E-state index contributed by atoms with van der Waals surface area (Å²) in [4.78, 5) is 9.58. The molecule has 0 aliphatic carbocycles. The Morgan fingerprint density at radius 2 is 2.00 bits per heavy atom. The van der Waals surface area contributed by atoms with Crippen LogP contribution < -0.4 is 5.32 Å². The number of anilines is 1. The average Bonchev–Trinajstić information content (AvgIpc) is 2.28. The fourth-order valence-electron chi connectivity index (χ4n) is 2.02. The van der Waals surface area contributed by atoms with Gasteiger partial charge in [-0.3, -0.25) is 0 Å². The van der Waals surface area contributed by atoms with Crippen molar-refractivity contribution in [3.8, 4) is 0 Å². The predicted molar refractivity (Wildman–Crippen MR) is 61.2 cm³/mol. The van der Waals surface area contributed by atoms with E-state index in [9.17, 15) is 13.2 Å². The molecule has 0 radical (unpaired) electrons. The van der Waals surface area contributed by atoms with Crippen LogP contribution in [0.2, 0.25) is 0 Å². The third-order valence-electron chi connectivity index (χ3n) is 2.94. The van der Waals surface area contributed by atoms with Crippen LogP contribution in [0, 0.1) is 0 Å². The van der Waals surface area contributed by atoms with Crippen LogP contribution in [0.5, 0.6) is 0 Å². The van der Waals surface area contributed by atoms with E-state index in [0.717, 1.165) is 38.3 Å². The fraction of sp³-hybridized carbons (Fsp3) is 0.636. The van der Waals surface area contributed by atoms with Crippen LogP contribution in [0.4, 0.5) is 19.1 Å². The molecular weight excluding hydrogens is 245 g/mol. The van der Waals surface area contributed by atoms with Gasteiger partial charge in [-0.15, -0.1) is 0 Å². The van der Waals surface area contributed by atoms with Crippen molar-refractivity contribution >= 4 is 5.95 Å². The van der Waals surface area contributed by atoms with E-state index in [1.165, 1.54) is 0 Å². The molecule has 1 atom stereocenters. The normalized spacial score (nSPS) is 21.9. The maximum atomic E-state index is 12.3. The number of alkyl halides is 3. The van der Waals surface area contributed by atoms with Crippen molar-refractivity contribution in [3.63, 3.8) is 0 Å². The lowest BCUT2D eigenvalue weighted by molar-refractivity contribution is -0.138. The Balaban J connectivity index is 1.98. The third-order valence-corrected chi connectivity index (χ3v) is 2.94. The number of nitrogens with one attached hydrogen (secondary N) is 1. The summed E-state index contributed by atoms with van der Waals surface area (Å²) in [6, 6.07) is 0.195. The summed E-state index contributed by atoms with van der Waals surface area (Å²) < 4.78 is 37.0. The monoisotopic (exact) mass is 260 g/mol. The Bertz CT molecular complexity index is 390. The number of nitrogens with zero attached hydrogens (tertiary/aromatic N) is 3. The van der Waals surface area contributed by atoms with Gasteiger partial charge in [0.15, 0.2) is 0 Å². The second-order valence-corrected chi connectivity index (χ2v) is 4.54. The second-order valence-electron chi connectivity index (χ2n) is 4.54. The van der Waals surface area contributed by atoms with Crippen molar-refractivity contribution < 1.29 is 13.2 Å². The quantitative estimate of drug-likeness (QED) is 0.883. The largest absolute Gasteiger partial charge is 0.419 e. The molecule has 0 unspecified atom stereocenters. The molecule has 1 saturated heterocycles. The molecule has 2 heterocycles. The first-order valence-electron chi connectivity index (χ1n) is 5.79. The van der Waals surface area contributed by atoms with Crippen LogP contribution in [-0.2, 0) is 6.18 Å². The lowest BCUT2D eigenvalue weighted by atomic mass is 10.1. The molecule has 0 bridgehead atoms. The lowest BCUT2D eigenvalue weighted by Gasteiger charge is -2.30. The maximum Gasteiger partial charge on any atom is 0.419 e. The van der Waals surface area contributed by atoms with E-state index in [0.29, 0.717) is 0 Å². The lowest BCUT2D eigenvalue weighted by Crippen LogP contribution is -2.40. The van der Waals surface area contributed by atoms with Crippen molar-refractivity contribution in [3.05, 3.63) is 18.0 Å². The van der Waals surface area contributed by atoms with Crippen LogP contribution in [0.3, 0.4) is 0 Å². The predicted octanol–water partition coefficient (Wildman–Crippen LogP) is 2.00. The van der Waals surface area contributed by atoms with Gasteiger partial charge in [0.25, 0.3) is 0 Å². The number of hydrogen-bond donors (Lipinski definition) is 1. The van der Waals surface area contributed by atoms with Gasteiger partial charge >= 0.3 is 6.18 Å². The minimum Gasteiger partial charge on any atom is -0.350 e. The molecule has 2 rings (SSSR count). The Morgan fingerprint density at radius 1 is 1.33 bits per heavy atom. The first-order valence-corrected chi connectivity index (χ1v) is 5.79. The molecule has 1 fully saturated rings. The Labute approximate surface area is 103 Å². The number of piperidine rings is 1. The minimum atomic E-state index is -4.39. The van der Waals surface area contributed by atoms with E-state index in [4.69, 9.17) is 0 Å². The molecule has 1 aromatic heterocycles. The molecule has 0 spiro atoms. The highest BCUT2D eigenvalue weighted by Crippen LogP contribution is 2.28. The highest BCUT2D eigenvalue weighted by Gasteiger charge is 2.31. The molecule has 4 nitrogen and oxygen atoms in total. The van der Waals surface area contributed by atoms with Crippen molar-refractivity contribution in [2.75, 3.05) is 25.5 Å². The summed E-state index contributed by atoms with van der Waals surface area (Å²) >= 11 is 0. The molecule has 0 saturated carbocycles. The molecule has 100 valence electrons. The van der Waals surface area contributed by atoms with Gasteiger partial charge in [0, 0.05) is 25.0 Å². The Kier molecular flexibility index (Phi) is 3.70. The maximum absolute atomic E-state index is 12.3. The number of aromatic nitrogens is 2. The van der Waals surface area contributed by atoms with Gasteiger partial charge in [-0.25, -0.2) is 9.97 Å². The van der Waals surface area contributed by atoms with Gasteiger partial charge in [0.05, 0.1) is 5.56 Å². The molecule has 1 N–H and O–H groups in total. The van der Waals surface area contributed by atoms with Crippen molar-refractivity contribution in [1.29, 1.82) is 0 Å². The summed E-state index contributed by atoms with van der Waals surface area (Å²) in [5.41, 5.74) is -0.825. The van der Waals surface area contributed by atoms with Gasteiger partial charge in [0.2, 0.25) is 5.95 Å². The molecule has 1 aliphatic rings. The first kappa shape index (κ1) is 13.1. The molecule has 0 aromatic carbocycles. The zero-order valence-corrected chi connectivity index (χ0v) is 10.0. The summed E-state index contributed by atoms with van der Waals surface area (Å²) in [5.74, 6) is 0.253. The number of hydrogen-bond acceptors (Lipinski definition) is 4. The van der Waals surface area contributed by atoms with E-state index < -0.39 is 11.7 Å². The smallest absolute Gasteiger partial charge is 0.350 e. The van der Waals surface area contributed by atoms with Crippen LogP contribution in [0.15, 0.2) is 12.4 Å². The van der Waals surface area contributed by atoms with Crippen LogP contribution >= 0.6 is 0 Å². The van der Waals surface area contributed by atoms with E-state index in [1.807, 2.05) is 7.05 Å². The van der Waals surface area contributed by atoms with E-state index in [-0.39, 0.29) is 12.0 Å². The number of likely N-dealkylation sites (tertiary alicyclic amines) is 1. The fourth-order valence-corrected chi connectivity index (χ4v) is 2.02. The minimum absolute atomic E-state index is 0.195. The van der Waals surface area contributed by atoms with Crippen LogP contribution in [0.1, 0.15) is 18.4 Å². The Hall–Kier alpha value is -1.37. The van der Waals surface area contributed by atoms with Crippen molar-refractivity contribution in [2.45, 2.75) is 25.1 Å². The molecule has 7 heteroatoms. The molecule has 0 amide bonds. The molecular formula is C11H15F3N4. The number of likely N-dealkylation sites (N-methyl/N-ethyl adjacent to an activating group) is 1. The van der Waals surface area contributed by atoms with E-state index in [1.54, 1.807) is 0 Å². The van der Waals surface area contributed by atoms with Crippen molar-refractivity contribution in [2.24, 2.45) is 0 Å². The van der Waals surface area contributed by atoms with Gasteiger partial charge in [-0.2, -0.15) is 13.2 Å². The summed E-state index contributed by atoms with van der Waals surface area (Å²) in [6.07, 6.45) is -0.725. The summed E-state index contributed by atoms with van der Waals surface area (Å²) in [6.45, 7) is 1.90. The van der Waals surface area contributed by atoms with E-state index in [2.05, 4.69) is 20.2 Å². The topological polar surface area (TPSA) is 41.0 Å². The van der Waals surface area contributed by atoms with Crippen LogP contribution in [-0.4, -0.2) is 41.0 Å². The van der Waals surface area contributed by atoms with Gasteiger partial charge in [-0.1, -0.05) is 0 Å². The molecule has 1 aromatic rings. The highest BCUT2D eigenvalue weighted by atomic mass is 19.4. The number of rotatable bonds is 2. The molecule has 1 aliphatic heterocycles. The van der Waals surface area contributed by atoms with Crippen molar-refractivity contribution in [1.82, 2.24) is 14.9 Å². The molecule has 18 heavy (non-hydrogen) atoms. The third kappa shape index (κ3) is 3.32.